The molecule has 0 aliphatic carbocycles. The van der Waals surface area contributed by atoms with Crippen molar-refractivity contribution in [2.75, 3.05) is 6.54 Å². The molecule has 0 fully saturated rings. The summed E-state index contributed by atoms with van der Waals surface area (Å²) in [5.74, 6) is 0.808. The summed E-state index contributed by atoms with van der Waals surface area (Å²) in [6.07, 6.45) is 1.03. The van der Waals surface area contributed by atoms with Crippen LogP contribution in [0.25, 0.3) is 11.4 Å². The molecule has 0 bridgehead atoms. The van der Waals surface area contributed by atoms with Crippen LogP contribution in [0.4, 0.5) is 0 Å². The molecule has 0 unspecified atom stereocenters. The van der Waals surface area contributed by atoms with Gasteiger partial charge in [0, 0.05) is 22.3 Å². The summed E-state index contributed by atoms with van der Waals surface area (Å²) in [7, 11) is 0. The molecule has 1 aromatic heterocycles. The Hall–Kier alpha value is -1.26. The van der Waals surface area contributed by atoms with Crippen molar-refractivity contribution in [1.29, 1.82) is 0 Å². The maximum Gasteiger partial charge on any atom is 0.160 e. The minimum Gasteiger partial charge on any atom is -0.311 e. The normalized spacial score (nSPS) is 14.3. The summed E-state index contributed by atoms with van der Waals surface area (Å²) >= 11 is 3.56. The standard InChI is InChI=1S/C14H14BrN3/c1-9-10-6-7-16-8-13(10)18-14(17-9)11-4-2-3-5-12(11)15/h2-5,16H,6-8H2,1H3. The number of fused-ring (bicyclic) bond motifs is 1. The van der Waals surface area contributed by atoms with E-state index in [1.165, 1.54) is 5.56 Å². The van der Waals surface area contributed by atoms with Gasteiger partial charge in [0.25, 0.3) is 0 Å². The van der Waals surface area contributed by atoms with Crippen molar-refractivity contribution in [2.24, 2.45) is 0 Å². The van der Waals surface area contributed by atoms with E-state index >= 15 is 0 Å². The molecule has 3 rings (SSSR count). The second-order valence-electron chi connectivity index (χ2n) is 4.46. The van der Waals surface area contributed by atoms with Gasteiger partial charge in [-0.1, -0.05) is 34.1 Å². The molecule has 2 aromatic rings. The number of aryl methyl sites for hydroxylation is 1. The number of nitrogens with one attached hydrogen (secondary N) is 1. The molecule has 0 amide bonds. The lowest BCUT2D eigenvalue weighted by molar-refractivity contribution is 0.620. The zero-order valence-corrected chi connectivity index (χ0v) is 11.8. The topological polar surface area (TPSA) is 37.8 Å². The van der Waals surface area contributed by atoms with E-state index in [1.807, 2.05) is 24.3 Å². The molecule has 0 saturated heterocycles. The maximum atomic E-state index is 4.70. The van der Waals surface area contributed by atoms with Gasteiger partial charge in [0.2, 0.25) is 0 Å². The Morgan fingerprint density at radius 3 is 2.89 bits per heavy atom. The van der Waals surface area contributed by atoms with Crippen molar-refractivity contribution in [3.05, 3.63) is 45.7 Å². The highest BCUT2D eigenvalue weighted by Gasteiger charge is 2.16. The van der Waals surface area contributed by atoms with Crippen LogP contribution in [0.2, 0.25) is 0 Å². The average Bonchev–Trinajstić information content (AvgIpc) is 2.39. The summed E-state index contributed by atoms with van der Waals surface area (Å²) in [5.41, 5.74) is 4.60. The highest BCUT2D eigenvalue weighted by atomic mass is 79.9. The Morgan fingerprint density at radius 2 is 2.06 bits per heavy atom. The highest BCUT2D eigenvalue weighted by molar-refractivity contribution is 9.10. The third-order valence-electron chi connectivity index (χ3n) is 3.26. The molecule has 1 aromatic carbocycles. The largest absolute Gasteiger partial charge is 0.311 e. The van der Waals surface area contributed by atoms with Crippen LogP contribution >= 0.6 is 15.9 Å². The maximum absolute atomic E-state index is 4.70. The van der Waals surface area contributed by atoms with Gasteiger partial charge in [-0.25, -0.2) is 9.97 Å². The molecular formula is C14H14BrN3. The van der Waals surface area contributed by atoms with Gasteiger partial charge < -0.3 is 5.32 Å². The van der Waals surface area contributed by atoms with Crippen molar-refractivity contribution in [2.45, 2.75) is 19.9 Å². The number of nitrogens with zero attached hydrogens (tertiary/aromatic N) is 2. The van der Waals surface area contributed by atoms with Crippen LogP contribution in [0.1, 0.15) is 17.0 Å². The van der Waals surface area contributed by atoms with Gasteiger partial charge in [-0.05, 0) is 31.5 Å². The smallest absolute Gasteiger partial charge is 0.160 e. The Kier molecular flexibility index (Phi) is 3.14. The molecule has 3 nitrogen and oxygen atoms in total. The Balaban J connectivity index is 2.14. The van der Waals surface area contributed by atoms with Crippen LogP contribution in [0.15, 0.2) is 28.7 Å². The Labute approximate surface area is 115 Å². The summed E-state index contributed by atoms with van der Waals surface area (Å²) in [4.78, 5) is 9.35. The second kappa shape index (κ2) is 4.78. The molecule has 0 atom stereocenters. The number of rotatable bonds is 1. The molecule has 1 N–H and O–H groups in total. The zero-order chi connectivity index (χ0) is 12.5. The summed E-state index contributed by atoms with van der Waals surface area (Å²) in [6.45, 7) is 3.94. The fourth-order valence-corrected chi connectivity index (χ4v) is 2.77. The molecule has 0 saturated carbocycles. The molecule has 0 radical (unpaired) electrons. The lowest BCUT2D eigenvalue weighted by Gasteiger charge is -2.18. The fourth-order valence-electron chi connectivity index (χ4n) is 2.31. The van der Waals surface area contributed by atoms with Gasteiger partial charge in [-0.15, -0.1) is 0 Å². The van der Waals surface area contributed by atoms with Crippen LogP contribution in [0, 0.1) is 6.92 Å². The van der Waals surface area contributed by atoms with Crippen molar-refractivity contribution in [3.63, 3.8) is 0 Å². The second-order valence-corrected chi connectivity index (χ2v) is 5.32. The van der Waals surface area contributed by atoms with E-state index in [0.717, 1.165) is 46.8 Å². The van der Waals surface area contributed by atoms with Crippen molar-refractivity contribution < 1.29 is 0 Å². The molecule has 1 aliphatic rings. The predicted octanol–water partition coefficient (Wildman–Crippen LogP) is 2.86. The predicted molar refractivity (Wildman–Crippen MR) is 75.3 cm³/mol. The van der Waals surface area contributed by atoms with Gasteiger partial charge in [0.05, 0.1) is 5.69 Å². The third kappa shape index (κ3) is 2.06. The molecule has 0 spiro atoms. The molecule has 2 heterocycles. The summed E-state index contributed by atoms with van der Waals surface area (Å²) in [5, 5.41) is 3.36. The van der Waals surface area contributed by atoms with E-state index in [0.29, 0.717) is 0 Å². The monoisotopic (exact) mass is 303 g/mol. The number of aromatic nitrogens is 2. The number of hydrogen-bond donors (Lipinski definition) is 1. The van der Waals surface area contributed by atoms with E-state index in [4.69, 9.17) is 4.98 Å². The SMILES string of the molecule is Cc1nc(-c2ccccc2Br)nc2c1CCNC2. The van der Waals surface area contributed by atoms with Gasteiger partial charge in [0.1, 0.15) is 0 Å². The van der Waals surface area contributed by atoms with E-state index < -0.39 is 0 Å². The van der Waals surface area contributed by atoms with E-state index in [2.05, 4.69) is 33.2 Å². The van der Waals surface area contributed by atoms with Crippen molar-refractivity contribution >= 4 is 15.9 Å². The van der Waals surface area contributed by atoms with Crippen LogP contribution in [0.3, 0.4) is 0 Å². The third-order valence-corrected chi connectivity index (χ3v) is 3.95. The van der Waals surface area contributed by atoms with E-state index in [1.54, 1.807) is 0 Å². The minimum absolute atomic E-state index is 0.808. The van der Waals surface area contributed by atoms with Crippen LogP contribution < -0.4 is 5.32 Å². The fraction of sp³-hybridized carbons (Fsp3) is 0.286. The zero-order valence-electron chi connectivity index (χ0n) is 10.2. The minimum atomic E-state index is 0.808. The first-order valence-corrected chi connectivity index (χ1v) is 6.87. The van der Waals surface area contributed by atoms with Crippen molar-refractivity contribution in [3.8, 4) is 11.4 Å². The van der Waals surface area contributed by atoms with Crippen molar-refractivity contribution in [1.82, 2.24) is 15.3 Å². The van der Waals surface area contributed by atoms with Gasteiger partial charge in [0.15, 0.2) is 5.82 Å². The summed E-state index contributed by atoms with van der Waals surface area (Å²) in [6, 6.07) is 8.07. The molecule has 92 valence electrons. The molecule has 18 heavy (non-hydrogen) atoms. The van der Waals surface area contributed by atoms with Crippen LogP contribution in [-0.2, 0) is 13.0 Å². The lowest BCUT2D eigenvalue weighted by Crippen LogP contribution is -2.26. The first kappa shape index (κ1) is 11.8. The summed E-state index contributed by atoms with van der Waals surface area (Å²) < 4.78 is 1.04. The van der Waals surface area contributed by atoms with E-state index in [9.17, 15) is 0 Å². The quantitative estimate of drug-likeness (QED) is 0.880. The van der Waals surface area contributed by atoms with Crippen LogP contribution in [-0.4, -0.2) is 16.5 Å². The number of benzene rings is 1. The molecule has 1 aliphatic heterocycles. The molecular weight excluding hydrogens is 290 g/mol. The van der Waals surface area contributed by atoms with Crippen LogP contribution in [0.5, 0.6) is 0 Å². The Bertz CT molecular complexity index is 596. The Morgan fingerprint density at radius 1 is 1.22 bits per heavy atom. The van der Waals surface area contributed by atoms with Gasteiger partial charge >= 0.3 is 0 Å². The first-order chi connectivity index (χ1) is 8.75. The lowest BCUT2D eigenvalue weighted by atomic mass is 10.0. The van der Waals surface area contributed by atoms with E-state index in [-0.39, 0.29) is 0 Å². The number of halogens is 1. The highest BCUT2D eigenvalue weighted by Crippen LogP contribution is 2.27. The molecule has 4 heteroatoms. The average molecular weight is 304 g/mol. The van der Waals surface area contributed by atoms with Gasteiger partial charge in [-0.2, -0.15) is 0 Å². The van der Waals surface area contributed by atoms with Gasteiger partial charge in [-0.3, -0.25) is 0 Å². The number of hydrogen-bond acceptors (Lipinski definition) is 3. The first-order valence-electron chi connectivity index (χ1n) is 6.07.